The maximum atomic E-state index is 11.6. The van der Waals surface area contributed by atoms with E-state index in [-0.39, 0.29) is 11.8 Å². The number of ether oxygens (including phenoxy) is 1. The number of thiophene rings is 1. The van der Waals surface area contributed by atoms with Gasteiger partial charge in [-0.3, -0.25) is 9.59 Å². The Morgan fingerprint density at radius 3 is 2.40 bits per heavy atom. The number of methoxy groups -OCH3 is 1. The van der Waals surface area contributed by atoms with E-state index in [2.05, 4.69) is 53.1 Å². The van der Waals surface area contributed by atoms with Crippen LogP contribution in [0.2, 0.25) is 0 Å². The van der Waals surface area contributed by atoms with Crippen LogP contribution in [0.3, 0.4) is 0 Å². The third kappa shape index (κ3) is 6.37. The highest BCUT2D eigenvalue weighted by molar-refractivity contribution is 7.19. The van der Waals surface area contributed by atoms with Crippen molar-refractivity contribution in [2.75, 3.05) is 20.2 Å². The lowest BCUT2D eigenvalue weighted by Crippen LogP contribution is -2.22. The first kappa shape index (κ1) is 27.5. The van der Waals surface area contributed by atoms with Gasteiger partial charge in [-0.05, 0) is 88.9 Å². The molecule has 3 aromatic carbocycles. The molecule has 0 fully saturated rings. The molecule has 40 heavy (non-hydrogen) atoms. The molecule has 0 bridgehead atoms. The molecular formula is C33H34N2O4S. The Morgan fingerprint density at radius 1 is 0.875 bits per heavy atom. The predicted octanol–water partition coefficient (Wildman–Crippen LogP) is 6.66. The van der Waals surface area contributed by atoms with Crippen LogP contribution < -0.4 is 15.4 Å². The number of amides is 2. The number of carbonyl (C=O) groups is 2. The van der Waals surface area contributed by atoms with Crippen molar-refractivity contribution in [3.63, 3.8) is 0 Å². The highest BCUT2D eigenvalue weighted by Crippen LogP contribution is 2.37. The van der Waals surface area contributed by atoms with Gasteiger partial charge in [0.2, 0.25) is 11.8 Å². The zero-order chi connectivity index (χ0) is 28.1. The van der Waals surface area contributed by atoms with Crippen LogP contribution in [-0.2, 0) is 28.9 Å². The van der Waals surface area contributed by atoms with Crippen molar-refractivity contribution < 1.29 is 18.7 Å². The Bertz CT molecular complexity index is 1670. The van der Waals surface area contributed by atoms with E-state index in [9.17, 15) is 9.59 Å². The van der Waals surface area contributed by atoms with Gasteiger partial charge in [0.1, 0.15) is 11.3 Å². The van der Waals surface area contributed by atoms with Crippen molar-refractivity contribution in [1.29, 1.82) is 0 Å². The molecular weight excluding hydrogens is 520 g/mol. The predicted molar refractivity (Wildman–Crippen MR) is 162 cm³/mol. The number of nitrogens with one attached hydrogen (secondary N) is 2. The van der Waals surface area contributed by atoms with E-state index in [1.165, 1.54) is 33.0 Å². The zero-order valence-corrected chi connectivity index (χ0v) is 24.0. The van der Waals surface area contributed by atoms with Crippen LogP contribution in [0.4, 0.5) is 0 Å². The normalized spacial score (nSPS) is 11.2. The van der Waals surface area contributed by atoms with Crippen LogP contribution in [0.5, 0.6) is 5.75 Å². The smallest absolute Gasteiger partial charge is 0.216 e. The first-order chi connectivity index (χ1) is 19.4. The minimum atomic E-state index is -0.0177. The molecule has 206 valence electrons. The van der Waals surface area contributed by atoms with Crippen molar-refractivity contribution in [1.82, 2.24) is 10.6 Å². The largest absolute Gasteiger partial charge is 0.497 e. The molecule has 5 rings (SSSR count). The fourth-order valence-electron chi connectivity index (χ4n) is 5.13. The van der Waals surface area contributed by atoms with Crippen molar-refractivity contribution in [2.24, 2.45) is 0 Å². The fraction of sp³-hybridized carbons (Fsp3) is 0.273. The van der Waals surface area contributed by atoms with E-state index in [0.29, 0.717) is 13.1 Å². The highest BCUT2D eigenvalue weighted by atomic mass is 32.1. The average Bonchev–Trinajstić information content (AvgIpc) is 3.51. The summed E-state index contributed by atoms with van der Waals surface area (Å²) < 4.78 is 12.5. The third-order valence-electron chi connectivity index (χ3n) is 7.11. The summed E-state index contributed by atoms with van der Waals surface area (Å²) in [5.41, 5.74) is 6.77. The molecule has 2 aromatic heterocycles. The van der Waals surface area contributed by atoms with Gasteiger partial charge in [0.25, 0.3) is 0 Å². The Balaban J connectivity index is 1.48. The van der Waals surface area contributed by atoms with Crippen molar-refractivity contribution >= 4 is 44.2 Å². The van der Waals surface area contributed by atoms with E-state index in [1.54, 1.807) is 14.0 Å². The van der Waals surface area contributed by atoms with Crippen LogP contribution in [-0.4, -0.2) is 32.0 Å². The number of benzene rings is 3. The van der Waals surface area contributed by atoms with E-state index in [1.807, 2.05) is 35.8 Å². The van der Waals surface area contributed by atoms with E-state index in [4.69, 9.17) is 9.15 Å². The van der Waals surface area contributed by atoms with Gasteiger partial charge in [-0.15, -0.1) is 11.3 Å². The van der Waals surface area contributed by atoms with Gasteiger partial charge in [-0.25, -0.2) is 0 Å². The molecule has 0 saturated carbocycles. The van der Waals surface area contributed by atoms with E-state index in [0.717, 1.165) is 59.1 Å². The molecule has 0 aliphatic carbocycles. The lowest BCUT2D eigenvalue weighted by Gasteiger charge is -2.08. The molecule has 7 heteroatoms. The number of hydrogen-bond acceptors (Lipinski definition) is 5. The Morgan fingerprint density at radius 2 is 1.62 bits per heavy atom. The molecule has 0 aliphatic rings. The standard InChI is InChI=1S/C33H34N2O4S/c1-21(36)34-14-5-7-26-20-39-31-11-9-24(18-29(26)31)25-10-12-32-30(19-25)28(13-15-35-22(2)37)33(40-32)17-23-6-4-8-27(16-23)38-3/h4,6,8-12,16,18-20H,5,7,13-15,17H2,1-3H3,(H,34,36)(H,35,37). The molecule has 2 N–H and O–H groups in total. The summed E-state index contributed by atoms with van der Waals surface area (Å²) >= 11 is 1.82. The first-order valence-electron chi connectivity index (χ1n) is 13.6. The van der Waals surface area contributed by atoms with Gasteiger partial charge in [-0.2, -0.15) is 0 Å². The third-order valence-corrected chi connectivity index (χ3v) is 8.32. The molecule has 5 aromatic rings. The Kier molecular flexibility index (Phi) is 8.51. The topological polar surface area (TPSA) is 80.6 Å². The van der Waals surface area contributed by atoms with Gasteiger partial charge in [0, 0.05) is 48.3 Å². The lowest BCUT2D eigenvalue weighted by molar-refractivity contribution is -0.119. The molecule has 2 amide bonds. The molecule has 6 nitrogen and oxygen atoms in total. The molecule has 2 heterocycles. The van der Waals surface area contributed by atoms with Crippen LogP contribution >= 0.6 is 11.3 Å². The quantitative estimate of drug-likeness (QED) is 0.179. The number of fused-ring (bicyclic) bond motifs is 2. The molecule has 0 saturated heterocycles. The molecule has 0 spiro atoms. The zero-order valence-electron chi connectivity index (χ0n) is 23.1. The maximum absolute atomic E-state index is 11.6. The summed E-state index contributed by atoms with van der Waals surface area (Å²) in [4.78, 5) is 24.1. The van der Waals surface area contributed by atoms with E-state index >= 15 is 0 Å². The monoisotopic (exact) mass is 554 g/mol. The van der Waals surface area contributed by atoms with Gasteiger partial charge >= 0.3 is 0 Å². The highest BCUT2D eigenvalue weighted by Gasteiger charge is 2.15. The lowest BCUT2D eigenvalue weighted by atomic mass is 9.97. The molecule has 0 aliphatic heterocycles. The summed E-state index contributed by atoms with van der Waals surface area (Å²) in [6.07, 6.45) is 5.09. The van der Waals surface area contributed by atoms with Gasteiger partial charge in [0.15, 0.2) is 0 Å². The summed E-state index contributed by atoms with van der Waals surface area (Å²) in [6, 6.07) is 21.2. The van der Waals surface area contributed by atoms with Crippen LogP contribution in [0, 0.1) is 0 Å². The second-order valence-electron chi connectivity index (χ2n) is 10.0. The maximum Gasteiger partial charge on any atom is 0.216 e. The summed E-state index contributed by atoms with van der Waals surface area (Å²) in [5, 5.41) is 8.16. The Labute approximate surface area is 238 Å². The van der Waals surface area contributed by atoms with Crippen molar-refractivity contribution in [2.45, 2.75) is 39.5 Å². The summed E-state index contributed by atoms with van der Waals surface area (Å²) in [7, 11) is 1.69. The molecule has 0 unspecified atom stereocenters. The van der Waals surface area contributed by atoms with Crippen LogP contribution in [0.15, 0.2) is 71.3 Å². The number of rotatable bonds is 11. The molecule has 0 atom stereocenters. The van der Waals surface area contributed by atoms with E-state index < -0.39 is 0 Å². The van der Waals surface area contributed by atoms with Crippen LogP contribution in [0.25, 0.3) is 32.2 Å². The fourth-order valence-corrected chi connectivity index (χ4v) is 6.39. The van der Waals surface area contributed by atoms with Crippen molar-refractivity contribution in [3.8, 4) is 16.9 Å². The minimum Gasteiger partial charge on any atom is -0.497 e. The second-order valence-corrected chi connectivity index (χ2v) is 11.2. The number of furan rings is 1. The summed E-state index contributed by atoms with van der Waals surface area (Å²) in [6.45, 7) is 4.34. The Hall–Kier alpha value is -4.10. The summed E-state index contributed by atoms with van der Waals surface area (Å²) in [5.74, 6) is 0.826. The van der Waals surface area contributed by atoms with Gasteiger partial charge in [-0.1, -0.05) is 24.3 Å². The second kappa shape index (κ2) is 12.4. The number of hydrogen-bond donors (Lipinski definition) is 2. The molecule has 0 radical (unpaired) electrons. The van der Waals surface area contributed by atoms with Gasteiger partial charge < -0.3 is 19.8 Å². The SMILES string of the molecule is COc1cccc(Cc2sc3ccc(-c4ccc5occ(CCCNC(C)=O)c5c4)cc3c2CCNC(C)=O)c1. The minimum absolute atomic E-state index is 0.00810. The number of aryl methyl sites for hydroxylation is 1. The number of carbonyl (C=O) groups excluding carboxylic acids is 2. The van der Waals surface area contributed by atoms with Crippen LogP contribution in [0.1, 0.15) is 41.8 Å². The van der Waals surface area contributed by atoms with Gasteiger partial charge in [0.05, 0.1) is 13.4 Å². The average molecular weight is 555 g/mol. The first-order valence-corrected chi connectivity index (χ1v) is 14.4. The van der Waals surface area contributed by atoms with Crippen molar-refractivity contribution in [3.05, 3.63) is 88.5 Å².